The number of alkyl halides is 3. The van der Waals surface area contributed by atoms with Crippen molar-refractivity contribution in [2.45, 2.75) is 6.18 Å². The van der Waals surface area contributed by atoms with Crippen molar-refractivity contribution in [3.8, 4) is 17.5 Å². The van der Waals surface area contributed by atoms with Crippen molar-refractivity contribution >= 4 is 22.6 Å². The summed E-state index contributed by atoms with van der Waals surface area (Å²) in [5, 5.41) is 19.1. The number of fused-ring (bicyclic) bond motifs is 1. The molecule has 3 aromatic rings. The van der Waals surface area contributed by atoms with E-state index in [1.807, 2.05) is 0 Å². The van der Waals surface area contributed by atoms with Gasteiger partial charge in [0.05, 0.1) is 16.1 Å². The number of aromatic hydroxyl groups is 1. The standard InChI is InChI=1S/C16H7ClF3N3O2/c17-10-3-1-2-4-11(10)23-14-8(13(24)9(7-21)15(23)25)5-6-12(22-14)16(18,19)20/h1-6,24H. The molecule has 0 aliphatic carbocycles. The summed E-state index contributed by atoms with van der Waals surface area (Å²) in [6.45, 7) is 0. The average molecular weight is 366 g/mol. The summed E-state index contributed by atoms with van der Waals surface area (Å²) in [5.74, 6) is -0.730. The van der Waals surface area contributed by atoms with Crippen molar-refractivity contribution in [1.29, 1.82) is 5.26 Å². The van der Waals surface area contributed by atoms with Crippen molar-refractivity contribution in [3.05, 3.63) is 63.0 Å². The van der Waals surface area contributed by atoms with E-state index in [0.29, 0.717) is 6.07 Å². The Hall–Kier alpha value is -3.05. The van der Waals surface area contributed by atoms with Gasteiger partial charge >= 0.3 is 6.18 Å². The van der Waals surface area contributed by atoms with Gasteiger partial charge in [-0.05, 0) is 24.3 Å². The number of nitrogens with zero attached hydrogens (tertiary/aromatic N) is 3. The Morgan fingerprint density at radius 1 is 1.20 bits per heavy atom. The lowest BCUT2D eigenvalue weighted by Crippen LogP contribution is -2.23. The molecule has 0 aliphatic rings. The number of pyridine rings is 2. The highest BCUT2D eigenvalue weighted by atomic mass is 35.5. The molecule has 25 heavy (non-hydrogen) atoms. The van der Waals surface area contributed by atoms with E-state index < -0.39 is 34.4 Å². The summed E-state index contributed by atoms with van der Waals surface area (Å²) < 4.78 is 39.7. The highest BCUT2D eigenvalue weighted by Crippen LogP contribution is 2.33. The first-order chi connectivity index (χ1) is 11.8. The van der Waals surface area contributed by atoms with Gasteiger partial charge in [-0.25, -0.2) is 4.98 Å². The first-order valence-electron chi connectivity index (χ1n) is 6.76. The second kappa shape index (κ2) is 5.79. The van der Waals surface area contributed by atoms with Crippen LogP contribution in [0.5, 0.6) is 5.75 Å². The lowest BCUT2D eigenvalue weighted by atomic mass is 10.1. The molecule has 0 amide bonds. The predicted octanol–water partition coefficient (Wildman–Crippen LogP) is 3.64. The van der Waals surface area contributed by atoms with Crippen molar-refractivity contribution in [1.82, 2.24) is 9.55 Å². The maximum absolute atomic E-state index is 13.0. The molecule has 1 aromatic carbocycles. The SMILES string of the molecule is N#Cc1c(O)c2ccc(C(F)(F)F)nc2n(-c2ccccc2Cl)c1=O. The molecule has 0 bridgehead atoms. The smallest absolute Gasteiger partial charge is 0.433 e. The molecule has 1 N–H and O–H groups in total. The number of hydrogen-bond donors (Lipinski definition) is 1. The Morgan fingerprint density at radius 2 is 1.88 bits per heavy atom. The van der Waals surface area contributed by atoms with E-state index in [9.17, 15) is 23.1 Å². The zero-order valence-corrected chi connectivity index (χ0v) is 12.9. The van der Waals surface area contributed by atoms with E-state index in [1.54, 1.807) is 12.1 Å². The van der Waals surface area contributed by atoms with Crippen molar-refractivity contribution < 1.29 is 18.3 Å². The second-order valence-electron chi connectivity index (χ2n) is 4.99. The van der Waals surface area contributed by atoms with E-state index in [1.165, 1.54) is 18.2 Å². The van der Waals surface area contributed by atoms with Gasteiger partial charge in [-0.15, -0.1) is 0 Å². The number of para-hydroxylation sites is 1. The first-order valence-corrected chi connectivity index (χ1v) is 7.14. The van der Waals surface area contributed by atoms with Crippen LogP contribution in [0.4, 0.5) is 13.2 Å². The molecule has 0 spiro atoms. The number of nitriles is 1. The van der Waals surface area contributed by atoms with Crippen molar-refractivity contribution in [3.63, 3.8) is 0 Å². The number of benzene rings is 1. The molecule has 0 atom stereocenters. The van der Waals surface area contributed by atoms with Crippen LogP contribution >= 0.6 is 11.6 Å². The normalized spacial score (nSPS) is 11.5. The van der Waals surface area contributed by atoms with Crippen LogP contribution in [-0.2, 0) is 6.18 Å². The molecule has 2 aromatic heterocycles. The minimum absolute atomic E-state index is 0.0440. The topological polar surface area (TPSA) is 78.9 Å². The Labute approximate surface area is 143 Å². The zero-order chi connectivity index (χ0) is 18.4. The molecule has 2 heterocycles. The van der Waals surface area contributed by atoms with Gasteiger partial charge in [0.25, 0.3) is 5.56 Å². The van der Waals surface area contributed by atoms with Gasteiger partial charge in [-0.2, -0.15) is 18.4 Å². The molecular formula is C16H7ClF3N3O2. The summed E-state index contributed by atoms with van der Waals surface area (Å²) in [4.78, 5) is 16.0. The van der Waals surface area contributed by atoms with Gasteiger partial charge in [0.1, 0.15) is 17.5 Å². The van der Waals surface area contributed by atoms with E-state index in [0.717, 1.165) is 10.6 Å². The minimum Gasteiger partial charge on any atom is -0.506 e. The summed E-state index contributed by atoms with van der Waals surface area (Å²) in [5.41, 5.74) is -3.29. The van der Waals surface area contributed by atoms with Crippen molar-refractivity contribution in [2.75, 3.05) is 0 Å². The van der Waals surface area contributed by atoms with Crippen LogP contribution in [-0.4, -0.2) is 14.7 Å². The highest BCUT2D eigenvalue weighted by molar-refractivity contribution is 6.32. The molecule has 0 fully saturated rings. The maximum atomic E-state index is 13.0. The van der Waals surface area contributed by atoms with Crippen LogP contribution in [0.3, 0.4) is 0 Å². The number of aromatic nitrogens is 2. The van der Waals surface area contributed by atoms with E-state index in [2.05, 4.69) is 4.98 Å². The quantitative estimate of drug-likeness (QED) is 0.714. The van der Waals surface area contributed by atoms with Gasteiger partial charge < -0.3 is 5.11 Å². The molecule has 0 aliphatic heterocycles. The fraction of sp³-hybridized carbons (Fsp3) is 0.0625. The summed E-state index contributed by atoms with van der Waals surface area (Å²) >= 11 is 6.04. The molecular weight excluding hydrogens is 359 g/mol. The van der Waals surface area contributed by atoms with E-state index >= 15 is 0 Å². The van der Waals surface area contributed by atoms with Gasteiger partial charge in [0, 0.05) is 0 Å². The lowest BCUT2D eigenvalue weighted by molar-refractivity contribution is -0.141. The molecule has 3 rings (SSSR count). The van der Waals surface area contributed by atoms with Crippen LogP contribution in [0.15, 0.2) is 41.2 Å². The van der Waals surface area contributed by atoms with Crippen LogP contribution in [0.25, 0.3) is 16.7 Å². The van der Waals surface area contributed by atoms with Gasteiger partial charge in [0.2, 0.25) is 0 Å². The van der Waals surface area contributed by atoms with Crippen LogP contribution in [0.1, 0.15) is 11.3 Å². The van der Waals surface area contributed by atoms with Crippen LogP contribution < -0.4 is 5.56 Å². The zero-order valence-electron chi connectivity index (χ0n) is 12.2. The molecule has 9 heteroatoms. The van der Waals surface area contributed by atoms with Gasteiger partial charge in [-0.1, -0.05) is 23.7 Å². The Kier molecular flexibility index (Phi) is 3.89. The van der Waals surface area contributed by atoms with Crippen LogP contribution in [0.2, 0.25) is 5.02 Å². The summed E-state index contributed by atoms with van der Waals surface area (Å²) in [6, 6.07) is 9.08. The minimum atomic E-state index is -4.75. The largest absolute Gasteiger partial charge is 0.506 e. The first kappa shape index (κ1) is 16.8. The van der Waals surface area contributed by atoms with E-state index in [-0.39, 0.29) is 16.1 Å². The molecule has 0 unspecified atom stereocenters. The predicted molar refractivity (Wildman–Crippen MR) is 83.7 cm³/mol. The lowest BCUT2D eigenvalue weighted by Gasteiger charge is -2.14. The average Bonchev–Trinajstić information content (AvgIpc) is 2.56. The molecule has 0 saturated carbocycles. The summed E-state index contributed by atoms with van der Waals surface area (Å²) in [7, 11) is 0. The Bertz CT molecular complexity index is 1100. The molecule has 0 radical (unpaired) electrons. The van der Waals surface area contributed by atoms with E-state index in [4.69, 9.17) is 16.9 Å². The van der Waals surface area contributed by atoms with Crippen LogP contribution in [0, 0.1) is 11.3 Å². The van der Waals surface area contributed by atoms with Crippen molar-refractivity contribution in [2.24, 2.45) is 0 Å². The molecule has 5 nitrogen and oxygen atoms in total. The third kappa shape index (κ3) is 2.68. The number of rotatable bonds is 1. The van der Waals surface area contributed by atoms with Gasteiger partial charge in [0.15, 0.2) is 11.2 Å². The van der Waals surface area contributed by atoms with Gasteiger partial charge in [-0.3, -0.25) is 9.36 Å². The molecule has 0 saturated heterocycles. The number of hydrogen-bond acceptors (Lipinski definition) is 4. The Morgan fingerprint density at radius 3 is 2.48 bits per heavy atom. The fourth-order valence-electron chi connectivity index (χ4n) is 2.36. The molecule has 126 valence electrons. The third-order valence-corrected chi connectivity index (χ3v) is 3.81. The maximum Gasteiger partial charge on any atom is 0.433 e. The Balaban J connectivity index is 2.55. The second-order valence-corrected chi connectivity index (χ2v) is 5.40. The summed E-state index contributed by atoms with van der Waals surface area (Å²) in [6.07, 6.45) is -4.75. The third-order valence-electron chi connectivity index (χ3n) is 3.49. The number of halogens is 4. The fourth-order valence-corrected chi connectivity index (χ4v) is 2.58. The highest BCUT2D eigenvalue weighted by Gasteiger charge is 2.33. The monoisotopic (exact) mass is 365 g/mol.